The lowest BCUT2D eigenvalue weighted by molar-refractivity contribution is -0.124. The maximum absolute atomic E-state index is 13.7. The number of phenols is 1. The molecule has 0 aliphatic heterocycles. The van der Waals surface area contributed by atoms with Gasteiger partial charge in [0.05, 0.1) is 6.04 Å². The van der Waals surface area contributed by atoms with Crippen molar-refractivity contribution in [1.29, 1.82) is 0 Å². The van der Waals surface area contributed by atoms with Crippen LogP contribution in [-0.2, 0) is 9.53 Å². The molecule has 0 unspecified atom stereocenters. The minimum absolute atomic E-state index is 0.0592. The highest BCUT2D eigenvalue weighted by molar-refractivity contribution is 5.94. The number of aryl methyl sites for hydroxylation is 1. The highest BCUT2D eigenvalue weighted by Gasteiger charge is 2.17. The van der Waals surface area contributed by atoms with E-state index in [1.807, 2.05) is 0 Å². The highest BCUT2D eigenvalue weighted by Crippen LogP contribution is 2.20. The number of benzene rings is 2. The first-order valence-corrected chi connectivity index (χ1v) is 7.49. The second-order valence-corrected chi connectivity index (χ2v) is 5.55. The van der Waals surface area contributed by atoms with E-state index in [0.29, 0.717) is 0 Å². The number of amides is 1. The van der Waals surface area contributed by atoms with Crippen molar-refractivity contribution >= 4 is 11.9 Å². The van der Waals surface area contributed by atoms with Crippen LogP contribution in [0.15, 0.2) is 36.4 Å². The maximum Gasteiger partial charge on any atom is 0.342 e. The maximum atomic E-state index is 13.7. The molecule has 2 rings (SSSR count). The molecule has 25 heavy (non-hydrogen) atoms. The third-order valence-corrected chi connectivity index (χ3v) is 3.51. The molecule has 0 aliphatic rings. The first kappa shape index (κ1) is 18.4. The fourth-order valence-electron chi connectivity index (χ4n) is 2.24. The van der Waals surface area contributed by atoms with Crippen molar-refractivity contribution in [2.24, 2.45) is 0 Å². The Hall–Kier alpha value is -2.96. The number of phenolic OH excluding ortho intramolecular Hbond substituents is 1. The number of esters is 1. The summed E-state index contributed by atoms with van der Waals surface area (Å²) in [6.45, 7) is 2.67. The summed E-state index contributed by atoms with van der Waals surface area (Å²) in [4.78, 5) is 23.7. The Labute approximate surface area is 143 Å². The molecule has 0 aliphatic carbocycles. The highest BCUT2D eigenvalue weighted by atomic mass is 19.1. The molecule has 0 saturated carbocycles. The zero-order valence-electron chi connectivity index (χ0n) is 13.7. The summed E-state index contributed by atoms with van der Waals surface area (Å²) in [6.07, 6.45) is 0. The number of hydrogen-bond acceptors (Lipinski definition) is 4. The van der Waals surface area contributed by atoms with Crippen LogP contribution in [0, 0.1) is 18.6 Å². The van der Waals surface area contributed by atoms with Gasteiger partial charge in [0.1, 0.15) is 22.9 Å². The number of nitrogens with one attached hydrogen (secondary N) is 1. The molecule has 0 bridgehead atoms. The normalized spacial score (nSPS) is 11.7. The van der Waals surface area contributed by atoms with E-state index < -0.39 is 36.2 Å². The summed E-state index contributed by atoms with van der Waals surface area (Å²) < 4.78 is 31.4. The Balaban J connectivity index is 1.92. The molecule has 1 amide bonds. The van der Waals surface area contributed by atoms with E-state index in [9.17, 15) is 23.5 Å². The van der Waals surface area contributed by atoms with Crippen LogP contribution in [0.1, 0.15) is 34.5 Å². The molecule has 0 saturated heterocycles. The molecular formula is C18H17F2NO4. The molecule has 2 aromatic rings. The number of carbonyl (C=O) groups is 2. The SMILES string of the molecule is Cc1ccc(C(=O)OCC(=O)N[C@@H](C)c2ccc(F)cc2F)c(O)c1. The second-order valence-electron chi connectivity index (χ2n) is 5.55. The van der Waals surface area contributed by atoms with Crippen LogP contribution in [0.25, 0.3) is 0 Å². The van der Waals surface area contributed by atoms with Crippen LogP contribution < -0.4 is 5.32 Å². The lowest BCUT2D eigenvalue weighted by atomic mass is 10.1. The zero-order valence-corrected chi connectivity index (χ0v) is 13.7. The second kappa shape index (κ2) is 7.74. The number of halogens is 2. The van der Waals surface area contributed by atoms with Crippen LogP contribution in [-0.4, -0.2) is 23.6 Å². The van der Waals surface area contributed by atoms with Gasteiger partial charge in [-0.05, 0) is 37.6 Å². The average molecular weight is 349 g/mol. The third-order valence-electron chi connectivity index (χ3n) is 3.51. The van der Waals surface area contributed by atoms with E-state index >= 15 is 0 Å². The Morgan fingerprint density at radius 2 is 1.92 bits per heavy atom. The monoisotopic (exact) mass is 349 g/mol. The van der Waals surface area contributed by atoms with Gasteiger partial charge < -0.3 is 15.2 Å². The summed E-state index contributed by atoms with van der Waals surface area (Å²) in [5.41, 5.74) is 0.815. The van der Waals surface area contributed by atoms with E-state index in [2.05, 4.69) is 5.32 Å². The summed E-state index contributed by atoms with van der Waals surface area (Å²) in [5, 5.41) is 12.1. The quantitative estimate of drug-likeness (QED) is 0.814. The van der Waals surface area contributed by atoms with E-state index in [1.165, 1.54) is 25.1 Å². The van der Waals surface area contributed by atoms with E-state index in [-0.39, 0.29) is 16.9 Å². The van der Waals surface area contributed by atoms with Gasteiger partial charge in [-0.1, -0.05) is 12.1 Å². The molecule has 0 aromatic heterocycles. The molecule has 2 N–H and O–H groups in total. The average Bonchev–Trinajstić information content (AvgIpc) is 2.52. The smallest absolute Gasteiger partial charge is 0.342 e. The molecule has 0 fully saturated rings. The molecule has 0 radical (unpaired) electrons. The predicted octanol–water partition coefficient (Wildman–Crippen LogP) is 3.01. The standard InChI is InChI=1S/C18H17F2NO4/c1-10-3-5-14(16(22)7-10)18(24)25-9-17(23)21-11(2)13-6-4-12(19)8-15(13)20/h3-8,11,22H,9H2,1-2H3,(H,21,23)/t11-/m0/s1. The topological polar surface area (TPSA) is 75.6 Å². The Kier molecular flexibility index (Phi) is 5.69. The predicted molar refractivity (Wildman–Crippen MR) is 86.0 cm³/mol. The van der Waals surface area contributed by atoms with Gasteiger partial charge in [-0.25, -0.2) is 13.6 Å². The Morgan fingerprint density at radius 3 is 2.56 bits per heavy atom. The molecule has 0 heterocycles. The van der Waals surface area contributed by atoms with E-state index in [4.69, 9.17) is 4.74 Å². The lowest BCUT2D eigenvalue weighted by Crippen LogP contribution is -2.31. The van der Waals surface area contributed by atoms with Gasteiger partial charge in [0, 0.05) is 11.6 Å². The minimum atomic E-state index is -0.853. The summed E-state index contributed by atoms with van der Waals surface area (Å²) >= 11 is 0. The fourth-order valence-corrected chi connectivity index (χ4v) is 2.24. The Morgan fingerprint density at radius 1 is 1.20 bits per heavy atom. The number of aromatic hydroxyl groups is 1. The number of ether oxygens (including phenoxy) is 1. The van der Waals surface area contributed by atoms with Crippen molar-refractivity contribution < 1.29 is 28.2 Å². The third kappa shape index (κ3) is 4.76. The number of rotatable bonds is 5. The van der Waals surface area contributed by atoms with Crippen LogP contribution >= 0.6 is 0 Å². The Bertz CT molecular complexity index is 808. The summed E-state index contributed by atoms with van der Waals surface area (Å²) in [5.74, 6) is -3.25. The first-order valence-electron chi connectivity index (χ1n) is 7.49. The van der Waals surface area contributed by atoms with E-state index in [0.717, 1.165) is 17.7 Å². The molecule has 132 valence electrons. The van der Waals surface area contributed by atoms with Crippen molar-refractivity contribution in [3.63, 3.8) is 0 Å². The summed E-state index contributed by atoms with van der Waals surface area (Å²) in [6, 6.07) is 6.71. The lowest BCUT2D eigenvalue weighted by Gasteiger charge is -2.15. The van der Waals surface area contributed by atoms with Crippen molar-refractivity contribution in [3.8, 4) is 5.75 Å². The van der Waals surface area contributed by atoms with Gasteiger partial charge in [0.25, 0.3) is 5.91 Å². The molecule has 5 nitrogen and oxygen atoms in total. The van der Waals surface area contributed by atoms with Crippen molar-refractivity contribution in [1.82, 2.24) is 5.32 Å². The van der Waals surface area contributed by atoms with Gasteiger partial charge in [0.15, 0.2) is 6.61 Å². The largest absolute Gasteiger partial charge is 0.507 e. The number of hydrogen-bond donors (Lipinski definition) is 2. The van der Waals surface area contributed by atoms with E-state index in [1.54, 1.807) is 13.0 Å². The zero-order chi connectivity index (χ0) is 18.6. The van der Waals surface area contributed by atoms with Crippen molar-refractivity contribution in [3.05, 3.63) is 64.7 Å². The van der Waals surface area contributed by atoms with Gasteiger partial charge in [-0.15, -0.1) is 0 Å². The number of carbonyl (C=O) groups excluding carboxylic acids is 2. The molecule has 0 spiro atoms. The van der Waals surface area contributed by atoms with Crippen molar-refractivity contribution in [2.75, 3.05) is 6.61 Å². The molecular weight excluding hydrogens is 332 g/mol. The minimum Gasteiger partial charge on any atom is -0.507 e. The van der Waals surface area contributed by atoms with Gasteiger partial charge >= 0.3 is 5.97 Å². The van der Waals surface area contributed by atoms with Crippen LogP contribution in [0.5, 0.6) is 5.75 Å². The fraction of sp³-hybridized carbons (Fsp3) is 0.222. The summed E-state index contributed by atoms with van der Waals surface area (Å²) in [7, 11) is 0. The van der Waals surface area contributed by atoms with Crippen LogP contribution in [0.4, 0.5) is 8.78 Å². The van der Waals surface area contributed by atoms with Gasteiger partial charge in [-0.2, -0.15) is 0 Å². The molecule has 1 atom stereocenters. The van der Waals surface area contributed by atoms with Crippen LogP contribution in [0.2, 0.25) is 0 Å². The van der Waals surface area contributed by atoms with Crippen LogP contribution in [0.3, 0.4) is 0 Å². The van der Waals surface area contributed by atoms with Gasteiger partial charge in [-0.3, -0.25) is 4.79 Å². The first-order chi connectivity index (χ1) is 11.8. The van der Waals surface area contributed by atoms with Crippen molar-refractivity contribution in [2.45, 2.75) is 19.9 Å². The molecule has 7 heteroatoms. The molecule has 2 aromatic carbocycles. The van der Waals surface area contributed by atoms with Gasteiger partial charge in [0.2, 0.25) is 0 Å².